The molecule has 0 aliphatic carbocycles. The Kier molecular flexibility index (Phi) is 14.7. The molecule has 40 heavy (non-hydrogen) atoms. The van der Waals surface area contributed by atoms with Gasteiger partial charge in [0.05, 0.1) is 48.7 Å². The van der Waals surface area contributed by atoms with Gasteiger partial charge in [0.2, 0.25) is 0 Å². The van der Waals surface area contributed by atoms with Gasteiger partial charge in [0, 0.05) is 19.7 Å². The van der Waals surface area contributed by atoms with Gasteiger partial charge in [0.1, 0.15) is 0 Å². The fourth-order valence-electron chi connectivity index (χ4n) is 3.83. The lowest BCUT2D eigenvalue weighted by Gasteiger charge is -2.19. The minimum atomic E-state index is -0.706. The van der Waals surface area contributed by atoms with Gasteiger partial charge < -0.3 is 18.9 Å². The Morgan fingerprint density at radius 2 is 0.825 bits per heavy atom. The minimum Gasteiger partial charge on any atom is -0.462 e. The Labute approximate surface area is 252 Å². The van der Waals surface area contributed by atoms with Crippen LogP contribution in [0.25, 0.3) is 10.8 Å². The van der Waals surface area contributed by atoms with Crippen molar-refractivity contribution in [2.75, 3.05) is 26.4 Å². The first-order chi connectivity index (χ1) is 19.2. The van der Waals surface area contributed by atoms with Crippen molar-refractivity contribution in [1.82, 2.24) is 0 Å². The number of rotatable bonds is 16. The van der Waals surface area contributed by atoms with Crippen LogP contribution in [0, 0.1) is 0 Å². The van der Waals surface area contributed by atoms with Gasteiger partial charge in [-0.2, -0.15) is 0 Å². The summed E-state index contributed by atoms with van der Waals surface area (Å²) in [4.78, 5) is 53.6. The quantitative estimate of drug-likeness (QED) is 0.0989. The van der Waals surface area contributed by atoms with Gasteiger partial charge in [-0.1, -0.05) is 53.4 Å². The van der Waals surface area contributed by atoms with Gasteiger partial charge in [0.25, 0.3) is 0 Å². The summed E-state index contributed by atoms with van der Waals surface area (Å²) in [6.45, 7) is 8.56. The molecule has 0 saturated carbocycles. The Morgan fingerprint density at radius 1 is 0.525 bits per heavy atom. The first kappa shape index (κ1) is 33.7. The van der Waals surface area contributed by atoms with Gasteiger partial charge in [-0.25, -0.2) is 19.2 Å². The predicted molar refractivity (Wildman–Crippen MR) is 160 cm³/mol. The van der Waals surface area contributed by atoms with Crippen LogP contribution in [0.3, 0.4) is 0 Å². The topological polar surface area (TPSA) is 105 Å². The number of carbonyl (C=O) groups is 4. The molecule has 0 aliphatic rings. The number of esters is 4. The summed E-state index contributed by atoms with van der Waals surface area (Å²) in [6.07, 6.45) is 5.85. The Morgan fingerprint density at radius 3 is 1.12 bits per heavy atom. The Balaban J connectivity index is 2.94. The van der Waals surface area contributed by atoms with Crippen molar-refractivity contribution in [3.8, 4) is 0 Å². The van der Waals surface area contributed by atoms with Crippen LogP contribution in [0.4, 0.5) is 0 Å². The van der Waals surface area contributed by atoms with Crippen molar-refractivity contribution in [2.24, 2.45) is 0 Å². The SMILES string of the molecule is CCCCOC(=O)c1cc(Br)c(C(=O)OCCCC)c2c(C(=O)OCCCC)c(Br)cc(C(=O)OCCCC)c12. The maximum absolute atomic E-state index is 13.4. The highest BCUT2D eigenvalue weighted by Crippen LogP contribution is 2.39. The third kappa shape index (κ3) is 8.77. The maximum atomic E-state index is 13.4. The lowest BCUT2D eigenvalue weighted by Crippen LogP contribution is -2.18. The Bertz CT molecular complexity index is 1120. The highest BCUT2D eigenvalue weighted by molar-refractivity contribution is 9.10. The van der Waals surface area contributed by atoms with Gasteiger partial charge in [-0.15, -0.1) is 0 Å². The molecule has 0 spiro atoms. The summed E-state index contributed by atoms with van der Waals surface area (Å²) in [5.41, 5.74) is 0.0337. The van der Waals surface area contributed by atoms with Crippen LogP contribution >= 0.6 is 31.9 Å². The van der Waals surface area contributed by atoms with Crippen LogP contribution in [-0.2, 0) is 18.9 Å². The highest BCUT2D eigenvalue weighted by Gasteiger charge is 2.32. The summed E-state index contributed by atoms with van der Waals surface area (Å²) in [7, 11) is 0. The number of fused-ring (bicyclic) bond motifs is 1. The summed E-state index contributed by atoms with van der Waals surface area (Å²) in [6, 6.07) is 2.85. The van der Waals surface area contributed by atoms with Gasteiger partial charge in [-0.3, -0.25) is 0 Å². The Hall–Kier alpha value is -2.46. The average Bonchev–Trinajstić information content (AvgIpc) is 2.92. The average molecular weight is 686 g/mol. The molecule has 0 radical (unpaired) electrons. The fraction of sp³-hybridized carbons (Fsp3) is 0.533. The molecule has 10 heteroatoms. The molecular weight excluding hydrogens is 648 g/mol. The van der Waals surface area contributed by atoms with Crippen LogP contribution in [0.2, 0.25) is 0 Å². The molecule has 0 fully saturated rings. The molecule has 2 aromatic carbocycles. The third-order valence-electron chi connectivity index (χ3n) is 6.08. The molecule has 2 rings (SSSR count). The van der Waals surface area contributed by atoms with Gasteiger partial charge >= 0.3 is 23.9 Å². The lowest BCUT2D eigenvalue weighted by molar-refractivity contribution is 0.0477. The second kappa shape index (κ2) is 17.4. The number of benzene rings is 2. The van der Waals surface area contributed by atoms with Crippen LogP contribution in [-0.4, -0.2) is 50.3 Å². The smallest absolute Gasteiger partial charge is 0.339 e. The van der Waals surface area contributed by atoms with Crippen LogP contribution < -0.4 is 0 Å². The standard InChI is InChI=1S/C30H38Br2O8/c1-5-9-13-37-27(33)19-17-21(31)24(29(35)39-15-11-7-3)26-23(19)20(28(34)38-14-10-6-2)18-22(32)25(26)30(36)40-16-12-8-4/h17-18H,5-16H2,1-4H3. The molecule has 0 atom stereocenters. The van der Waals surface area contributed by atoms with Crippen molar-refractivity contribution in [3.63, 3.8) is 0 Å². The predicted octanol–water partition coefficient (Wildman–Crippen LogP) is 8.19. The van der Waals surface area contributed by atoms with E-state index in [9.17, 15) is 19.2 Å². The highest BCUT2D eigenvalue weighted by atomic mass is 79.9. The second-order valence-electron chi connectivity index (χ2n) is 9.27. The first-order valence-corrected chi connectivity index (χ1v) is 15.5. The van der Waals surface area contributed by atoms with Crippen molar-refractivity contribution < 1.29 is 38.1 Å². The third-order valence-corrected chi connectivity index (χ3v) is 7.33. The van der Waals surface area contributed by atoms with Crippen molar-refractivity contribution in [2.45, 2.75) is 79.1 Å². The molecule has 0 saturated heterocycles. The second-order valence-corrected chi connectivity index (χ2v) is 11.0. The van der Waals surface area contributed by atoms with Crippen LogP contribution in [0.1, 0.15) is 120 Å². The van der Waals surface area contributed by atoms with Crippen molar-refractivity contribution in [1.29, 1.82) is 0 Å². The zero-order valence-corrected chi connectivity index (χ0v) is 26.8. The fourth-order valence-corrected chi connectivity index (χ4v) is 5.01. The summed E-state index contributed by atoms with van der Waals surface area (Å²) in [5, 5.41) is 0.121. The molecular formula is C30H38Br2O8. The maximum Gasteiger partial charge on any atom is 0.339 e. The van der Waals surface area contributed by atoms with Gasteiger partial charge in [-0.05, 0) is 69.7 Å². The van der Waals surface area contributed by atoms with E-state index < -0.39 is 23.9 Å². The summed E-state index contributed by atoms with van der Waals surface area (Å²) >= 11 is 6.84. The zero-order valence-electron chi connectivity index (χ0n) is 23.7. The van der Waals surface area contributed by atoms with E-state index in [-0.39, 0.29) is 68.4 Å². The number of hydrogen-bond donors (Lipinski definition) is 0. The van der Waals surface area contributed by atoms with E-state index in [1.165, 1.54) is 12.1 Å². The van der Waals surface area contributed by atoms with Crippen molar-refractivity contribution >= 4 is 66.5 Å². The molecule has 2 aromatic rings. The van der Waals surface area contributed by atoms with E-state index in [0.29, 0.717) is 25.7 Å². The summed E-state index contributed by atoms with van der Waals surface area (Å²) < 4.78 is 22.5. The monoisotopic (exact) mass is 684 g/mol. The number of hydrogen-bond acceptors (Lipinski definition) is 8. The van der Waals surface area contributed by atoms with E-state index in [1.807, 2.05) is 27.7 Å². The molecule has 0 aliphatic heterocycles. The number of carbonyl (C=O) groups excluding carboxylic acids is 4. The largest absolute Gasteiger partial charge is 0.462 e. The number of unbranched alkanes of at least 4 members (excludes halogenated alkanes) is 4. The molecule has 0 bridgehead atoms. The molecule has 0 amide bonds. The van der Waals surface area contributed by atoms with E-state index >= 15 is 0 Å². The van der Waals surface area contributed by atoms with E-state index in [1.54, 1.807) is 0 Å². The lowest BCUT2D eigenvalue weighted by atomic mass is 9.91. The molecule has 0 N–H and O–H groups in total. The number of halogens is 2. The zero-order chi connectivity index (χ0) is 29.7. The molecule has 220 valence electrons. The van der Waals surface area contributed by atoms with Crippen LogP contribution in [0.5, 0.6) is 0 Å². The minimum absolute atomic E-state index is 0.00237. The van der Waals surface area contributed by atoms with Crippen LogP contribution in [0.15, 0.2) is 21.1 Å². The van der Waals surface area contributed by atoms with E-state index in [2.05, 4.69) is 31.9 Å². The van der Waals surface area contributed by atoms with Crippen molar-refractivity contribution in [3.05, 3.63) is 43.3 Å². The molecule has 0 aromatic heterocycles. The molecule has 0 unspecified atom stereocenters. The molecule has 8 nitrogen and oxygen atoms in total. The van der Waals surface area contributed by atoms with E-state index in [4.69, 9.17) is 18.9 Å². The van der Waals surface area contributed by atoms with E-state index in [0.717, 1.165) is 25.7 Å². The first-order valence-electron chi connectivity index (χ1n) is 13.9. The van der Waals surface area contributed by atoms with Gasteiger partial charge in [0.15, 0.2) is 0 Å². The number of ether oxygens (including phenoxy) is 4. The summed E-state index contributed by atoms with van der Waals surface area (Å²) in [5.74, 6) is -2.80. The molecule has 0 heterocycles. The normalized spacial score (nSPS) is 10.8.